The van der Waals surface area contributed by atoms with Crippen LogP contribution in [0.25, 0.3) is 0 Å². The van der Waals surface area contributed by atoms with Crippen molar-refractivity contribution >= 4 is 23.4 Å². The number of anilines is 1. The van der Waals surface area contributed by atoms with Gasteiger partial charge in [-0.25, -0.2) is 4.39 Å². The lowest BCUT2D eigenvalue weighted by Gasteiger charge is -2.37. The third-order valence-corrected chi connectivity index (χ3v) is 8.06. The normalized spacial score (nSPS) is 21.4. The molecule has 1 aliphatic heterocycles. The number of thioether (sulfide) groups is 1. The summed E-state index contributed by atoms with van der Waals surface area (Å²) in [7, 11) is 0. The summed E-state index contributed by atoms with van der Waals surface area (Å²) in [4.78, 5) is 17.0. The van der Waals surface area contributed by atoms with Gasteiger partial charge in [0.25, 0.3) is 0 Å². The Kier molecular flexibility index (Phi) is 5.65. The van der Waals surface area contributed by atoms with E-state index in [4.69, 9.17) is 0 Å². The Morgan fingerprint density at radius 2 is 1.66 bits per heavy atom. The van der Waals surface area contributed by atoms with Crippen LogP contribution < -0.4 is 4.90 Å². The van der Waals surface area contributed by atoms with Gasteiger partial charge in [0.2, 0.25) is 5.91 Å². The number of hydrogen-bond acceptors (Lipinski definition) is 3. The van der Waals surface area contributed by atoms with Gasteiger partial charge in [0.05, 0.1) is 11.4 Å². The van der Waals surface area contributed by atoms with Crippen LogP contribution in [0.5, 0.6) is 0 Å². The van der Waals surface area contributed by atoms with Gasteiger partial charge in [0.15, 0.2) is 0 Å². The molecule has 1 saturated carbocycles. The van der Waals surface area contributed by atoms with Crippen LogP contribution in [0.3, 0.4) is 0 Å². The van der Waals surface area contributed by atoms with Crippen LogP contribution in [0.15, 0.2) is 17.0 Å². The Morgan fingerprint density at radius 1 is 1.10 bits per heavy atom. The molecule has 1 heterocycles. The molecule has 1 aliphatic carbocycles. The van der Waals surface area contributed by atoms with Crippen molar-refractivity contribution in [2.45, 2.75) is 45.7 Å². The number of halogens is 4. The third-order valence-electron chi connectivity index (χ3n) is 6.84. The Hall–Kier alpha value is -1.44. The standard InChI is InChI=1S/C21H28F4N2OS/c1-13-10-14(22)15(11-16(13)29-12-21(23,24)25)26-6-8-27(9-7-26)18(28)17-19(2,3)20(17,4)5/h10-11,17H,6-9,12H2,1-5H3. The van der Waals surface area contributed by atoms with Crippen molar-refractivity contribution in [2.24, 2.45) is 16.7 Å². The number of alkyl halides is 3. The van der Waals surface area contributed by atoms with Gasteiger partial charge in [0, 0.05) is 37.0 Å². The first-order valence-electron chi connectivity index (χ1n) is 9.79. The molecule has 0 unspecified atom stereocenters. The molecule has 3 nitrogen and oxygen atoms in total. The molecule has 3 rings (SSSR count). The number of aryl methyl sites for hydroxylation is 1. The van der Waals surface area contributed by atoms with Gasteiger partial charge in [-0.2, -0.15) is 13.2 Å². The molecule has 0 N–H and O–H groups in total. The lowest BCUT2D eigenvalue weighted by atomic mass is 10.0. The van der Waals surface area contributed by atoms with Crippen LogP contribution in [-0.2, 0) is 4.79 Å². The van der Waals surface area contributed by atoms with Gasteiger partial charge in [-0.1, -0.05) is 27.7 Å². The van der Waals surface area contributed by atoms with E-state index < -0.39 is 17.7 Å². The summed E-state index contributed by atoms with van der Waals surface area (Å²) in [6, 6.07) is 2.80. The van der Waals surface area contributed by atoms with E-state index in [9.17, 15) is 22.4 Å². The molecule has 1 saturated heterocycles. The summed E-state index contributed by atoms with van der Waals surface area (Å²) in [5.41, 5.74) is 0.732. The first-order valence-corrected chi connectivity index (χ1v) is 10.8. The summed E-state index contributed by atoms with van der Waals surface area (Å²) < 4.78 is 52.2. The smallest absolute Gasteiger partial charge is 0.366 e. The zero-order valence-corrected chi connectivity index (χ0v) is 18.3. The number of rotatable bonds is 4. The van der Waals surface area contributed by atoms with E-state index in [0.717, 1.165) is 0 Å². The van der Waals surface area contributed by atoms with E-state index in [-0.39, 0.29) is 22.7 Å². The molecule has 8 heteroatoms. The van der Waals surface area contributed by atoms with Gasteiger partial charge < -0.3 is 9.80 Å². The molecule has 162 valence electrons. The first kappa shape index (κ1) is 22.2. The van der Waals surface area contributed by atoms with Crippen LogP contribution in [-0.4, -0.2) is 48.9 Å². The van der Waals surface area contributed by atoms with Crippen molar-refractivity contribution < 1.29 is 22.4 Å². The van der Waals surface area contributed by atoms with Gasteiger partial charge in [0.1, 0.15) is 5.82 Å². The van der Waals surface area contributed by atoms with Gasteiger partial charge >= 0.3 is 6.18 Å². The number of carbonyl (C=O) groups is 1. The summed E-state index contributed by atoms with van der Waals surface area (Å²) in [6.45, 7) is 11.9. The minimum absolute atomic E-state index is 0.0111. The number of hydrogen-bond donors (Lipinski definition) is 0. The van der Waals surface area contributed by atoms with Gasteiger partial charge in [-0.3, -0.25) is 4.79 Å². The Labute approximate surface area is 173 Å². The molecule has 0 atom stereocenters. The van der Waals surface area contributed by atoms with Crippen molar-refractivity contribution in [3.8, 4) is 0 Å². The average Bonchev–Trinajstić information content (AvgIpc) is 3.01. The fourth-order valence-electron chi connectivity index (χ4n) is 4.36. The summed E-state index contributed by atoms with van der Waals surface area (Å²) >= 11 is 0.675. The average molecular weight is 433 g/mol. The summed E-state index contributed by atoms with van der Waals surface area (Å²) in [6.07, 6.45) is -4.28. The zero-order chi connectivity index (χ0) is 21.8. The molecule has 2 aliphatic rings. The summed E-state index contributed by atoms with van der Waals surface area (Å²) in [5.74, 6) is -1.31. The monoisotopic (exact) mass is 432 g/mol. The third kappa shape index (κ3) is 4.23. The second-order valence-electron chi connectivity index (χ2n) is 9.16. The molecule has 0 aromatic heterocycles. The maximum absolute atomic E-state index is 14.5. The van der Waals surface area contributed by atoms with Gasteiger partial charge in [-0.05, 0) is 35.4 Å². The van der Waals surface area contributed by atoms with E-state index >= 15 is 0 Å². The fraction of sp³-hybridized carbons (Fsp3) is 0.667. The minimum atomic E-state index is -4.28. The Bertz CT molecular complexity index is 785. The highest BCUT2D eigenvalue weighted by atomic mass is 32.2. The van der Waals surface area contributed by atoms with Crippen molar-refractivity contribution in [3.63, 3.8) is 0 Å². The molecular weight excluding hydrogens is 404 g/mol. The highest BCUT2D eigenvalue weighted by Gasteiger charge is 2.68. The number of carbonyl (C=O) groups excluding carboxylic acids is 1. The van der Waals surface area contributed by atoms with E-state index in [0.29, 0.717) is 54.1 Å². The highest BCUT2D eigenvalue weighted by Crippen LogP contribution is 2.68. The van der Waals surface area contributed by atoms with E-state index in [1.54, 1.807) is 6.92 Å². The van der Waals surface area contributed by atoms with E-state index in [2.05, 4.69) is 27.7 Å². The molecule has 2 fully saturated rings. The highest BCUT2D eigenvalue weighted by molar-refractivity contribution is 7.99. The van der Waals surface area contributed by atoms with Crippen LogP contribution in [0.1, 0.15) is 33.3 Å². The van der Waals surface area contributed by atoms with E-state index in [1.807, 2.05) is 9.80 Å². The predicted octanol–water partition coefficient (Wildman–Crippen LogP) is 5.12. The Morgan fingerprint density at radius 3 is 2.14 bits per heavy atom. The molecule has 1 aromatic carbocycles. The lowest BCUT2D eigenvalue weighted by Crippen LogP contribution is -2.50. The largest absolute Gasteiger partial charge is 0.398 e. The molecular formula is C21H28F4N2OS. The quantitative estimate of drug-likeness (QED) is 0.487. The van der Waals surface area contributed by atoms with E-state index in [1.165, 1.54) is 12.1 Å². The molecule has 0 spiro atoms. The minimum Gasteiger partial charge on any atom is -0.366 e. The molecule has 0 radical (unpaired) electrons. The molecule has 29 heavy (non-hydrogen) atoms. The van der Waals surface area contributed by atoms with Crippen molar-refractivity contribution in [1.29, 1.82) is 0 Å². The number of benzene rings is 1. The predicted molar refractivity (Wildman–Crippen MR) is 108 cm³/mol. The first-order chi connectivity index (χ1) is 13.3. The summed E-state index contributed by atoms with van der Waals surface area (Å²) in [5, 5.41) is 0. The number of nitrogens with zero attached hydrogens (tertiary/aromatic N) is 2. The maximum Gasteiger partial charge on any atom is 0.398 e. The van der Waals surface area contributed by atoms with Crippen LogP contribution in [0, 0.1) is 29.5 Å². The fourth-order valence-corrected chi connectivity index (χ4v) is 5.16. The second-order valence-corrected chi connectivity index (χ2v) is 10.2. The second kappa shape index (κ2) is 7.36. The zero-order valence-electron chi connectivity index (χ0n) is 17.5. The number of amides is 1. The van der Waals surface area contributed by atoms with Crippen molar-refractivity contribution in [3.05, 3.63) is 23.5 Å². The maximum atomic E-state index is 14.5. The Balaban J connectivity index is 1.67. The van der Waals surface area contributed by atoms with Crippen LogP contribution in [0.2, 0.25) is 0 Å². The van der Waals surface area contributed by atoms with Crippen LogP contribution in [0.4, 0.5) is 23.2 Å². The topological polar surface area (TPSA) is 23.6 Å². The van der Waals surface area contributed by atoms with Crippen molar-refractivity contribution in [1.82, 2.24) is 4.90 Å². The van der Waals surface area contributed by atoms with Crippen molar-refractivity contribution in [2.75, 3.05) is 36.8 Å². The van der Waals surface area contributed by atoms with Gasteiger partial charge in [-0.15, -0.1) is 11.8 Å². The number of piperazine rings is 1. The van der Waals surface area contributed by atoms with Crippen LogP contribution >= 0.6 is 11.8 Å². The molecule has 1 aromatic rings. The SMILES string of the molecule is Cc1cc(F)c(N2CCN(C(=O)C3C(C)(C)C3(C)C)CC2)cc1SCC(F)(F)F. The lowest BCUT2D eigenvalue weighted by molar-refractivity contribution is -0.134. The molecule has 1 amide bonds. The molecule has 0 bridgehead atoms.